The third kappa shape index (κ3) is 1.39. The molecule has 2 aliphatic rings. The van der Waals surface area contributed by atoms with Crippen molar-refractivity contribution in [2.75, 3.05) is 0 Å². The van der Waals surface area contributed by atoms with Gasteiger partial charge in [-0.25, -0.2) is 0 Å². The van der Waals surface area contributed by atoms with Crippen molar-refractivity contribution in [2.24, 2.45) is 5.92 Å². The van der Waals surface area contributed by atoms with Crippen molar-refractivity contribution >= 4 is 0 Å². The molecular formula is C13H17NO. The van der Waals surface area contributed by atoms with Gasteiger partial charge in [-0.3, -0.25) is 4.98 Å². The molecule has 2 heteroatoms. The first kappa shape index (κ1) is 9.34. The van der Waals surface area contributed by atoms with Crippen LogP contribution in [0.25, 0.3) is 0 Å². The molecule has 0 radical (unpaired) electrons. The quantitative estimate of drug-likeness (QED) is 0.690. The SMILES string of the molecule is CCC1CCC2(c3ccccn3)OC2C1. The second-order valence-electron chi connectivity index (χ2n) is 4.76. The topological polar surface area (TPSA) is 25.4 Å². The molecule has 0 aromatic carbocycles. The number of rotatable bonds is 2. The Hall–Kier alpha value is -0.890. The molecule has 0 bridgehead atoms. The highest BCUT2D eigenvalue weighted by molar-refractivity contribution is 5.23. The predicted octanol–water partition coefficient (Wildman–Crippen LogP) is 2.89. The summed E-state index contributed by atoms with van der Waals surface area (Å²) in [5.74, 6) is 0.870. The zero-order chi connectivity index (χ0) is 10.3. The van der Waals surface area contributed by atoms with Gasteiger partial charge in [0, 0.05) is 6.20 Å². The summed E-state index contributed by atoms with van der Waals surface area (Å²) in [5, 5.41) is 0. The van der Waals surface area contributed by atoms with E-state index in [0.29, 0.717) is 6.10 Å². The monoisotopic (exact) mass is 203 g/mol. The van der Waals surface area contributed by atoms with E-state index < -0.39 is 0 Å². The molecule has 2 heterocycles. The van der Waals surface area contributed by atoms with Crippen LogP contribution in [0.1, 0.15) is 38.3 Å². The lowest BCUT2D eigenvalue weighted by molar-refractivity contribution is 0.278. The van der Waals surface area contributed by atoms with Crippen LogP contribution in [0.4, 0.5) is 0 Å². The van der Waals surface area contributed by atoms with Crippen LogP contribution in [-0.2, 0) is 10.3 Å². The highest BCUT2D eigenvalue weighted by atomic mass is 16.6. The molecule has 2 nitrogen and oxygen atoms in total. The number of ether oxygens (including phenoxy) is 1. The fraction of sp³-hybridized carbons (Fsp3) is 0.615. The molecule has 0 amide bonds. The molecular weight excluding hydrogens is 186 g/mol. The Morgan fingerprint density at radius 3 is 3.13 bits per heavy atom. The third-order valence-corrected chi connectivity index (χ3v) is 3.96. The van der Waals surface area contributed by atoms with E-state index >= 15 is 0 Å². The van der Waals surface area contributed by atoms with E-state index in [1.807, 2.05) is 12.3 Å². The van der Waals surface area contributed by atoms with E-state index in [-0.39, 0.29) is 5.60 Å². The molecule has 15 heavy (non-hydrogen) atoms. The van der Waals surface area contributed by atoms with Crippen molar-refractivity contribution < 1.29 is 4.74 Å². The highest BCUT2D eigenvalue weighted by Crippen LogP contribution is 2.56. The summed E-state index contributed by atoms with van der Waals surface area (Å²) in [5.41, 5.74) is 1.15. The van der Waals surface area contributed by atoms with E-state index in [1.165, 1.54) is 19.3 Å². The lowest BCUT2D eigenvalue weighted by Gasteiger charge is -2.22. The van der Waals surface area contributed by atoms with Gasteiger partial charge in [0.25, 0.3) is 0 Å². The van der Waals surface area contributed by atoms with Crippen LogP contribution in [0.2, 0.25) is 0 Å². The largest absolute Gasteiger partial charge is 0.359 e. The van der Waals surface area contributed by atoms with Crippen LogP contribution in [0.3, 0.4) is 0 Å². The van der Waals surface area contributed by atoms with Crippen LogP contribution in [-0.4, -0.2) is 11.1 Å². The molecule has 1 aliphatic carbocycles. The van der Waals surface area contributed by atoms with E-state index in [1.54, 1.807) is 0 Å². The molecule has 80 valence electrons. The number of epoxide rings is 1. The van der Waals surface area contributed by atoms with E-state index in [0.717, 1.165) is 18.0 Å². The molecule has 1 aromatic heterocycles. The Kier molecular flexibility index (Phi) is 2.06. The number of hydrogen-bond acceptors (Lipinski definition) is 2. The maximum atomic E-state index is 5.92. The fourth-order valence-electron chi connectivity index (χ4n) is 2.85. The average Bonchev–Trinajstić information content (AvgIpc) is 3.04. The Morgan fingerprint density at radius 2 is 2.47 bits per heavy atom. The average molecular weight is 203 g/mol. The molecule has 0 spiro atoms. The number of aromatic nitrogens is 1. The van der Waals surface area contributed by atoms with Crippen LogP contribution in [0.15, 0.2) is 24.4 Å². The smallest absolute Gasteiger partial charge is 0.136 e. The van der Waals surface area contributed by atoms with Gasteiger partial charge in [0.15, 0.2) is 0 Å². The van der Waals surface area contributed by atoms with Gasteiger partial charge in [0.1, 0.15) is 5.60 Å². The Balaban J connectivity index is 1.80. The van der Waals surface area contributed by atoms with Crippen LogP contribution < -0.4 is 0 Å². The van der Waals surface area contributed by atoms with Crippen LogP contribution >= 0.6 is 0 Å². The van der Waals surface area contributed by atoms with Crippen molar-refractivity contribution in [1.29, 1.82) is 0 Å². The first-order chi connectivity index (χ1) is 7.35. The molecule has 1 saturated heterocycles. The van der Waals surface area contributed by atoms with Crippen molar-refractivity contribution in [3.8, 4) is 0 Å². The molecule has 3 unspecified atom stereocenters. The van der Waals surface area contributed by atoms with Gasteiger partial charge in [0.2, 0.25) is 0 Å². The molecule has 3 rings (SSSR count). The molecule has 1 aromatic rings. The lowest BCUT2D eigenvalue weighted by atomic mass is 9.79. The maximum Gasteiger partial charge on any atom is 0.136 e. The van der Waals surface area contributed by atoms with Gasteiger partial charge in [-0.1, -0.05) is 19.4 Å². The van der Waals surface area contributed by atoms with E-state index in [2.05, 4.69) is 24.0 Å². The van der Waals surface area contributed by atoms with E-state index in [4.69, 9.17) is 4.74 Å². The van der Waals surface area contributed by atoms with E-state index in [9.17, 15) is 0 Å². The second-order valence-corrected chi connectivity index (χ2v) is 4.76. The van der Waals surface area contributed by atoms with Crippen molar-refractivity contribution in [3.05, 3.63) is 30.1 Å². The fourth-order valence-corrected chi connectivity index (χ4v) is 2.85. The van der Waals surface area contributed by atoms with Gasteiger partial charge in [-0.15, -0.1) is 0 Å². The summed E-state index contributed by atoms with van der Waals surface area (Å²) in [6.07, 6.45) is 7.29. The summed E-state index contributed by atoms with van der Waals surface area (Å²) in [7, 11) is 0. The molecule has 0 N–H and O–H groups in total. The van der Waals surface area contributed by atoms with Gasteiger partial charge in [0.05, 0.1) is 11.8 Å². The molecule has 2 fully saturated rings. The van der Waals surface area contributed by atoms with Crippen LogP contribution in [0.5, 0.6) is 0 Å². The van der Waals surface area contributed by atoms with Gasteiger partial charge in [-0.2, -0.15) is 0 Å². The van der Waals surface area contributed by atoms with Crippen LogP contribution in [0, 0.1) is 5.92 Å². The van der Waals surface area contributed by atoms with Crippen molar-refractivity contribution in [3.63, 3.8) is 0 Å². The summed E-state index contributed by atoms with van der Waals surface area (Å²) < 4.78 is 5.92. The molecule has 1 aliphatic heterocycles. The first-order valence-corrected chi connectivity index (χ1v) is 5.94. The number of fused-ring (bicyclic) bond motifs is 1. The minimum atomic E-state index is 0.00688. The van der Waals surface area contributed by atoms with Crippen molar-refractivity contribution in [1.82, 2.24) is 4.98 Å². The van der Waals surface area contributed by atoms with Gasteiger partial charge in [-0.05, 0) is 37.3 Å². The zero-order valence-corrected chi connectivity index (χ0v) is 9.15. The standard InChI is InChI=1S/C13H17NO/c1-2-10-6-7-13(12(9-10)15-13)11-5-3-4-8-14-11/h3-5,8,10,12H,2,6-7,9H2,1H3. The van der Waals surface area contributed by atoms with Crippen molar-refractivity contribution in [2.45, 2.75) is 44.3 Å². The Morgan fingerprint density at radius 1 is 1.53 bits per heavy atom. The zero-order valence-electron chi connectivity index (χ0n) is 9.15. The third-order valence-electron chi connectivity index (χ3n) is 3.96. The van der Waals surface area contributed by atoms with Gasteiger partial charge < -0.3 is 4.74 Å². The number of hydrogen-bond donors (Lipinski definition) is 0. The number of pyridine rings is 1. The molecule has 3 atom stereocenters. The second kappa shape index (κ2) is 3.31. The highest BCUT2D eigenvalue weighted by Gasteiger charge is 2.60. The summed E-state index contributed by atoms with van der Waals surface area (Å²) in [4.78, 5) is 4.44. The first-order valence-electron chi connectivity index (χ1n) is 5.94. The summed E-state index contributed by atoms with van der Waals surface area (Å²) in [6, 6.07) is 6.13. The predicted molar refractivity (Wildman–Crippen MR) is 58.4 cm³/mol. The number of nitrogens with zero attached hydrogens (tertiary/aromatic N) is 1. The minimum Gasteiger partial charge on any atom is -0.359 e. The molecule has 1 saturated carbocycles. The maximum absolute atomic E-state index is 5.92. The lowest BCUT2D eigenvalue weighted by Crippen LogP contribution is -2.23. The normalized spacial score (nSPS) is 38.5. The summed E-state index contributed by atoms with van der Waals surface area (Å²) in [6.45, 7) is 2.28. The minimum absolute atomic E-state index is 0.00688. The van der Waals surface area contributed by atoms with Gasteiger partial charge >= 0.3 is 0 Å². The Labute approximate surface area is 90.7 Å². The Bertz CT molecular complexity index is 351. The summed E-state index contributed by atoms with van der Waals surface area (Å²) >= 11 is 0.